The van der Waals surface area contributed by atoms with E-state index in [0.29, 0.717) is 6.61 Å². The lowest BCUT2D eigenvalue weighted by Gasteiger charge is -2.09. The first-order valence-corrected chi connectivity index (χ1v) is 10.5. The van der Waals surface area contributed by atoms with E-state index in [0.717, 1.165) is 22.6 Å². The number of hydrogen-bond donors (Lipinski definition) is 1. The van der Waals surface area contributed by atoms with Gasteiger partial charge in [0.15, 0.2) is 0 Å². The molecule has 5 heteroatoms. The molecule has 1 atom stereocenters. The summed E-state index contributed by atoms with van der Waals surface area (Å²) in [5.41, 5.74) is 5.83. The Labute approximate surface area is 176 Å². The lowest BCUT2D eigenvalue weighted by molar-refractivity contribution is -0.120. The zero-order valence-electron chi connectivity index (χ0n) is 16.3. The van der Waals surface area contributed by atoms with Crippen LogP contribution in [0, 0.1) is 0 Å². The molecule has 0 heterocycles. The average Bonchev–Trinajstić information content (AvgIpc) is 2.78. The third-order valence-electron chi connectivity index (χ3n) is 4.23. The quantitative estimate of drug-likeness (QED) is 0.402. The van der Waals surface area contributed by atoms with Crippen molar-refractivity contribution in [3.05, 3.63) is 102 Å². The molecule has 0 aliphatic rings. The minimum Gasteiger partial charge on any atom is -0.489 e. The van der Waals surface area contributed by atoms with Gasteiger partial charge in [0.1, 0.15) is 12.4 Å². The summed E-state index contributed by atoms with van der Waals surface area (Å²) in [4.78, 5) is 12.2. The molecule has 0 aliphatic heterocycles. The Bertz CT molecular complexity index is 913. The number of amides is 1. The lowest BCUT2D eigenvalue weighted by Crippen LogP contribution is -2.26. The molecule has 0 saturated heterocycles. The molecule has 3 aromatic carbocycles. The van der Waals surface area contributed by atoms with Crippen molar-refractivity contribution in [1.82, 2.24) is 5.43 Å². The second kappa shape index (κ2) is 11.1. The second-order valence-electron chi connectivity index (χ2n) is 6.52. The Kier molecular flexibility index (Phi) is 7.90. The molecule has 0 unspecified atom stereocenters. The maximum absolute atomic E-state index is 12.2. The predicted molar refractivity (Wildman–Crippen MR) is 120 cm³/mol. The average molecular weight is 405 g/mol. The van der Waals surface area contributed by atoms with E-state index >= 15 is 0 Å². The minimum atomic E-state index is -0.180. The van der Waals surface area contributed by atoms with Crippen molar-refractivity contribution in [2.75, 3.05) is 0 Å². The molecular weight excluding hydrogens is 380 g/mol. The van der Waals surface area contributed by atoms with Gasteiger partial charge in [-0.2, -0.15) is 5.10 Å². The van der Waals surface area contributed by atoms with Crippen LogP contribution >= 0.6 is 11.8 Å². The number of hydrogen-bond acceptors (Lipinski definition) is 4. The number of nitrogens with zero attached hydrogens (tertiary/aromatic N) is 1. The van der Waals surface area contributed by atoms with Gasteiger partial charge < -0.3 is 4.74 Å². The zero-order chi connectivity index (χ0) is 20.3. The highest BCUT2D eigenvalue weighted by molar-refractivity contribution is 7.99. The number of carbonyl (C=O) groups excluding carboxylic acids is 1. The largest absolute Gasteiger partial charge is 0.489 e. The minimum absolute atomic E-state index is 0.106. The fraction of sp³-hybridized carbons (Fsp3) is 0.167. The molecule has 0 saturated carbocycles. The van der Waals surface area contributed by atoms with E-state index in [1.165, 1.54) is 5.56 Å². The summed E-state index contributed by atoms with van der Waals surface area (Å²) in [6.07, 6.45) is 1.63. The van der Waals surface area contributed by atoms with Crippen LogP contribution in [-0.4, -0.2) is 17.4 Å². The van der Waals surface area contributed by atoms with E-state index < -0.39 is 0 Å². The molecule has 0 fully saturated rings. The fourth-order valence-electron chi connectivity index (χ4n) is 2.52. The molecule has 3 aromatic rings. The Balaban J connectivity index is 1.41. The second-order valence-corrected chi connectivity index (χ2v) is 7.85. The molecular formula is C24H24N2O2S. The molecule has 1 N–H and O–H groups in total. The van der Waals surface area contributed by atoms with Crippen LogP contribution in [0.25, 0.3) is 0 Å². The van der Waals surface area contributed by atoms with E-state index in [4.69, 9.17) is 4.74 Å². The van der Waals surface area contributed by atoms with Crippen molar-refractivity contribution in [2.24, 2.45) is 5.10 Å². The molecule has 4 nitrogen and oxygen atoms in total. The summed E-state index contributed by atoms with van der Waals surface area (Å²) < 4.78 is 5.77. The molecule has 3 rings (SSSR count). The molecule has 29 heavy (non-hydrogen) atoms. The van der Waals surface area contributed by atoms with Crippen molar-refractivity contribution < 1.29 is 9.53 Å². The topological polar surface area (TPSA) is 50.7 Å². The summed E-state index contributed by atoms with van der Waals surface area (Å²) in [6, 6.07) is 27.7. The summed E-state index contributed by atoms with van der Waals surface area (Å²) in [7, 11) is 0. The number of nitrogens with one attached hydrogen (secondary N) is 1. The number of carbonyl (C=O) groups is 1. The van der Waals surface area contributed by atoms with Crippen molar-refractivity contribution >= 4 is 23.9 Å². The van der Waals surface area contributed by atoms with Crippen LogP contribution in [0.2, 0.25) is 0 Å². The van der Waals surface area contributed by atoms with Gasteiger partial charge in [0, 0.05) is 5.75 Å². The number of thioether (sulfide) groups is 1. The SMILES string of the molecule is C[C@H](SCc1ccccc1)C(=O)N/N=C\c1ccc(OCc2ccccc2)cc1. The molecule has 0 spiro atoms. The van der Waals surface area contributed by atoms with Gasteiger partial charge in [0.25, 0.3) is 5.91 Å². The van der Waals surface area contributed by atoms with Crippen LogP contribution < -0.4 is 10.2 Å². The first kappa shape index (κ1) is 20.7. The lowest BCUT2D eigenvalue weighted by atomic mass is 10.2. The first-order valence-electron chi connectivity index (χ1n) is 9.46. The van der Waals surface area contributed by atoms with E-state index in [-0.39, 0.29) is 11.2 Å². The highest BCUT2D eigenvalue weighted by Gasteiger charge is 2.12. The molecule has 0 bridgehead atoms. The van der Waals surface area contributed by atoms with Crippen molar-refractivity contribution in [2.45, 2.75) is 24.5 Å². The Morgan fingerprint density at radius 1 is 0.966 bits per heavy atom. The highest BCUT2D eigenvalue weighted by Crippen LogP contribution is 2.17. The number of rotatable bonds is 9. The molecule has 0 radical (unpaired) electrons. The summed E-state index contributed by atoms with van der Waals surface area (Å²) in [5.74, 6) is 1.48. The Hall–Kier alpha value is -3.05. The summed E-state index contributed by atoms with van der Waals surface area (Å²) in [6.45, 7) is 2.42. The highest BCUT2D eigenvalue weighted by atomic mass is 32.2. The summed E-state index contributed by atoms with van der Waals surface area (Å²) in [5, 5.41) is 3.88. The van der Waals surface area contributed by atoms with E-state index in [9.17, 15) is 4.79 Å². The maximum Gasteiger partial charge on any atom is 0.252 e. The normalized spacial score (nSPS) is 11.9. The van der Waals surface area contributed by atoms with E-state index in [1.54, 1.807) is 18.0 Å². The van der Waals surface area contributed by atoms with Gasteiger partial charge in [0.2, 0.25) is 0 Å². The monoisotopic (exact) mass is 404 g/mol. The molecule has 0 aliphatic carbocycles. The van der Waals surface area contributed by atoms with Crippen molar-refractivity contribution in [3.8, 4) is 5.75 Å². The van der Waals surface area contributed by atoms with Gasteiger partial charge in [0.05, 0.1) is 11.5 Å². The van der Waals surface area contributed by atoms with Crippen LogP contribution in [-0.2, 0) is 17.2 Å². The smallest absolute Gasteiger partial charge is 0.252 e. The van der Waals surface area contributed by atoms with Crippen LogP contribution in [0.1, 0.15) is 23.6 Å². The van der Waals surface area contributed by atoms with Crippen LogP contribution in [0.15, 0.2) is 90.0 Å². The van der Waals surface area contributed by atoms with Crippen LogP contribution in [0.5, 0.6) is 5.75 Å². The number of hydrazone groups is 1. The molecule has 148 valence electrons. The fourth-order valence-corrected chi connectivity index (χ4v) is 3.36. The van der Waals surface area contributed by atoms with Gasteiger partial charge in [-0.15, -0.1) is 11.8 Å². The Morgan fingerprint density at radius 3 is 2.24 bits per heavy atom. The van der Waals surface area contributed by atoms with Gasteiger partial charge in [-0.1, -0.05) is 60.7 Å². The number of ether oxygens (including phenoxy) is 1. The number of benzene rings is 3. The molecule has 0 aromatic heterocycles. The maximum atomic E-state index is 12.2. The summed E-state index contributed by atoms with van der Waals surface area (Å²) >= 11 is 1.59. The standard InChI is InChI=1S/C24H24N2O2S/c1-19(29-18-22-10-6-3-7-11-22)24(27)26-25-16-20-12-14-23(15-13-20)28-17-21-8-4-2-5-9-21/h2-16,19H,17-18H2,1H3,(H,26,27)/b25-16-/t19-/m0/s1. The van der Waals surface area contributed by atoms with Crippen molar-refractivity contribution in [3.63, 3.8) is 0 Å². The predicted octanol–water partition coefficient (Wildman–Crippen LogP) is 5.04. The van der Waals surface area contributed by atoms with Crippen LogP contribution in [0.3, 0.4) is 0 Å². The zero-order valence-corrected chi connectivity index (χ0v) is 17.1. The third-order valence-corrected chi connectivity index (χ3v) is 5.44. The van der Waals surface area contributed by atoms with Gasteiger partial charge in [-0.05, 0) is 47.9 Å². The first-order chi connectivity index (χ1) is 14.2. The van der Waals surface area contributed by atoms with E-state index in [2.05, 4.69) is 22.7 Å². The van der Waals surface area contributed by atoms with Crippen LogP contribution in [0.4, 0.5) is 0 Å². The Morgan fingerprint density at radius 2 is 1.59 bits per heavy atom. The van der Waals surface area contributed by atoms with E-state index in [1.807, 2.05) is 79.7 Å². The van der Waals surface area contributed by atoms with Gasteiger partial charge in [-0.25, -0.2) is 5.43 Å². The third kappa shape index (κ3) is 7.12. The van der Waals surface area contributed by atoms with Gasteiger partial charge >= 0.3 is 0 Å². The van der Waals surface area contributed by atoms with Gasteiger partial charge in [-0.3, -0.25) is 4.79 Å². The molecule has 1 amide bonds. The van der Waals surface area contributed by atoms with Crippen molar-refractivity contribution in [1.29, 1.82) is 0 Å².